The molecule has 564 valence electrons. The molecule has 17 nitrogen and oxygen atoms in total. The lowest BCUT2D eigenvalue weighted by Crippen LogP contribution is -2.30. The number of phosphoric acid groups is 2. The predicted molar refractivity (Wildman–Crippen MR) is 386 cm³/mol. The van der Waals surface area contributed by atoms with Crippen LogP contribution in [-0.2, 0) is 65.4 Å². The Hall–Kier alpha value is -1.94. The Balaban J connectivity index is 5.23. The second-order valence-corrected chi connectivity index (χ2v) is 32.0. The summed E-state index contributed by atoms with van der Waals surface area (Å²) in [5.41, 5.74) is 0. The van der Waals surface area contributed by atoms with E-state index in [0.29, 0.717) is 31.6 Å². The van der Waals surface area contributed by atoms with E-state index in [1.165, 1.54) is 180 Å². The fourth-order valence-corrected chi connectivity index (χ4v) is 13.1. The van der Waals surface area contributed by atoms with E-state index in [4.69, 9.17) is 37.0 Å². The highest BCUT2D eigenvalue weighted by atomic mass is 31.2. The maximum absolute atomic E-state index is 13.1. The molecule has 6 atom stereocenters. The van der Waals surface area contributed by atoms with Gasteiger partial charge in [-0.2, -0.15) is 0 Å². The Morgan fingerprint density at radius 1 is 0.295 bits per heavy atom. The number of aliphatic hydroxyl groups is 1. The highest BCUT2D eigenvalue weighted by molar-refractivity contribution is 7.47. The molecule has 3 unspecified atom stereocenters. The van der Waals surface area contributed by atoms with Crippen molar-refractivity contribution in [2.24, 2.45) is 23.7 Å². The van der Waals surface area contributed by atoms with Crippen molar-refractivity contribution in [1.29, 1.82) is 0 Å². The fraction of sp³-hybridized carbons (Fsp3) is 0.947. The molecule has 0 heterocycles. The summed E-state index contributed by atoms with van der Waals surface area (Å²) < 4.78 is 68.5. The van der Waals surface area contributed by atoms with E-state index in [9.17, 15) is 43.2 Å². The first-order valence-corrected chi connectivity index (χ1v) is 42.2. The maximum atomic E-state index is 13.1. The van der Waals surface area contributed by atoms with Gasteiger partial charge in [-0.25, -0.2) is 9.13 Å². The van der Waals surface area contributed by atoms with E-state index >= 15 is 0 Å². The van der Waals surface area contributed by atoms with E-state index in [1.807, 2.05) is 0 Å². The van der Waals surface area contributed by atoms with Crippen LogP contribution < -0.4 is 0 Å². The van der Waals surface area contributed by atoms with Crippen LogP contribution in [0.5, 0.6) is 0 Å². The molecule has 0 amide bonds. The number of carbonyl (C=O) groups excluding carboxylic acids is 4. The summed E-state index contributed by atoms with van der Waals surface area (Å²) >= 11 is 0. The van der Waals surface area contributed by atoms with Crippen LogP contribution in [0.3, 0.4) is 0 Å². The van der Waals surface area contributed by atoms with Crippen LogP contribution in [0, 0.1) is 23.7 Å². The summed E-state index contributed by atoms with van der Waals surface area (Å²) in [4.78, 5) is 72.8. The van der Waals surface area contributed by atoms with Gasteiger partial charge in [-0.15, -0.1) is 0 Å². The molecule has 0 spiro atoms. The lowest BCUT2D eigenvalue weighted by Gasteiger charge is -2.21. The molecule has 0 aromatic rings. The summed E-state index contributed by atoms with van der Waals surface area (Å²) in [5, 5.41) is 10.6. The first-order valence-electron chi connectivity index (χ1n) is 39.2. The molecule has 95 heavy (non-hydrogen) atoms. The smallest absolute Gasteiger partial charge is 0.462 e. The normalized spacial score (nSPS) is 14.4. The monoisotopic (exact) mass is 1400 g/mol. The average Bonchev–Trinajstić information content (AvgIpc) is 1.58. The van der Waals surface area contributed by atoms with Crippen molar-refractivity contribution in [3.05, 3.63) is 0 Å². The van der Waals surface area contributed by atoms with E-state index in [0.717, 1.165) is 114 Å². The molecule has 0 aromatic carbocycles. The number of hydrogen-bond donors (Lipinski definition) is 3. The Kier molecular flexibility index (Phi) is 64.0. The number of aliphatic hydroxyl groups excluding tert-OH is 1. The molecule has 19 heteroatoms. The number of unbranched alkanes of at least 4 members (excludes halogenated alkanes) is 38. The summed E-state index contributed by atoms with van der Waals surface area (Å²) in [6.07, 6.45) is 50.0. The second-order valence-electron chi connectivity index (χ2n) is 29.1. The van der Waals surface area contributed by atoms with Gasteiger partial charge in [-0.3, -0.25) is 37.3 Å². The van der Waals surface area contributed by atoms with Crippen LogP contribution in [0.1, 0.15) is 383 Å². The summed E-state index contributed by atoms with van der Waals surface area (Å²) in [7, 11) is -9.91. The molecular formula is C76H148O17P2. The Bertz CT molecular complexity index is 1870. The zero-order chi connectivity index (χ0) is 70.3. The third-order valence-corrected chi connectivity index (χ3v) is 19.8. The first kappa shape index (κ1) is 93.1. The lowest BCUT2D eigenvalue weighted by molar-refractivity contribution is -0.161. The topological polar surface area (TPSA) is 237 Å². The molecule has 0 radical (unpaired) electrons. The van der Waals surface area contributed by atoms with Gasteiger partial charge in [0.15, 0.2) is 12.2 Å². The van der Waals surface area contributed by atoms with E-state index in [1.54, 1.807) is 0 Å². The van der Waals surface area contributed by atoms with Crippen molar-refractivity contribution in [2.75, 3.05) is 39.6 Å². The van der Waals surface area contributed by atoms with Crippen molar-refractivity contribution >= 4 is 39.5 Å². The molecule has 0 aliphatic rings. The fourth-order valence-electron chi connectivity index (χ4n) is 11.5. The van der Waals surface area contributed by atoms with Crippen LogP contribution in [0.15, 0.2) is 0 Å². The van der Waals surface area contributed by atoms with Gasteiger partial charge in [0.1, 0.15) is 19.3 Å². The molecule has 0 aliphatic carbocycles. The van der Waals surface area contributed by atoms with Gasteiger partial charge in [0.2, 0.25) is 0 Å². The van der Waals surface area contributed by atoms with Crippen molar-refractivity contribution in [3.8, 4) is 0 Å². The minimum Gasteiger partial charge on any atom is -0.462 e. The Morgan fingerprint density at radius 3 is 0.747 bits per heavy atom. The van der Waals surface area contributed by atoms with E-state index < -0.39 is 97.5 Å². The van der Waals surface area contributed by atoms with Crippen molar-refractivity contribution in [2.45, 2.75) is 401 Å². The first-order chi connectivity index (χ1) is 45.6. The van der Waals surface area contributed by atoms with E-state index in [2.05, 4.69) is 55.4 Å². The second kappa shape index (κ2) is 65.4. The number of hydrogen-bond acceptors (Lipinski definition) is 15. The number of rotatable bonds is 73. The van der Waals surface area contributed by atoms with Crippen LogP contribution in [0.2, 0.25) is 0 Å². The van der Waals surface area contributed by atoms with Crippen LogP contribution in [0.25, 0.3) is 0 Å². The molecule has 3 N–H and O–H groups in total. The van der Waals surface area contributed by atoms with Crippen LogP contribution in [-0.4, -0.2) is 96.7 Å². The number of phosphoric ester groups is 2. The average molecular weight is 1400 g/mol. The number of carbonyl (C=O) groups is 4. The third kappa shape index (κ3) is 69.0. The Morgan fingerprint density at radius 2 is 0.505 bits per heavy atom. The highest BCUT2D eigenvalue weighted by Gasteiger charge is 2.30. The molecule has 0 fully saturated rings. The van der Waals surface area contributed by atoms with Gasteiger partial charge in [-0.1, -0.05) is 331 Å². The largest absolute Gasteiger partial charge is 0.472 e. The van der Waals surface area contributed by atoms with Gasteiger partial charge in [0, 0.05) is 25.7 Å². The zero-order valence-corrected chi connectivity index (χ0v) is 64.1. The summed E-state index contributed by atoms with van der Waals surface area (Å²) in [6, 6.07) is 0. The van der Waals surface area contributed by atoms with Gasteiger partial charge in [-0.05, 0) is 49.4 Å². The molecular weight excluding hydrogens is 1250 g/mol. The summed E-state index contributed by atoms with van der Waals surface area (Å²) in [5.74, 6) is 0.936. The number of esters is 4. The Labute approximate surface area is 581 Å². The molecule has 0 saturated heterocycles. The van der Waals surface area contributed by atoms with Gasteiger partial charge in [0.25, 0.3) is 0 Å². The molecule has 0 bridgehead atoms. The van der Waals surface area contributed by atoms with Gasteiger partial charge in [0.05, 0.1) is 26.4 Å². The summed E-state index contributed by atoms with van der Waals surface area (Å²) in [6.45, 7) is 14.2. The maximum Gasteiger partial charge on any atom is 0.472 e. The van der Waals surface area contributed by atoms with Crippen molar-refractivity contribution in [1.82, 2.24) is 0 Å². The highest BCUT2D eigenvalue weighted by Crippen LogP contribution is 2.45. The van der Waals surface area contributed by atoms with Crippen molar-refractivity contribution in [3.63, 3.8) is 0 Å². The molecule has 0 saturated carbocycles. The minimum atomic E-state index is -4.96. The molecule has 0 aliphatic heterocycles. The van der Waals surface area contributed by atoms with Gasteiger partial charge < -0.3 is 33.8 Å². The number of ether oxygens (including phenoxy) is 4. The molecule has 0 rings (SSSR count). The van der Waals surface area contributed by atoms with E-state index in [-0.39, 0.29) is 25.7 Å². The standard InChI is InChI=1S/C76H148O17P2/c1-9-69(8)55-47-39-30-24-17-12-10-11-13-18-25-31-40-48-56-73(78)86-62-71(92-75(80)58-50-42-32-26-19-15-14-16-22-28-36-44-52-66(2)3)64-90-94(82,83)88-60-70(77)61-89-95(84,85)91-65-72(63-87-74(79)57-49-41-35-34-38-46-54-68(6)7)93-76(81)59-51-43-33-27-21-20-23-29-37-45-53-67(4)5/h66-72,77H,9-65H2,1-8H3,(H,82,83)(H,84,85)/t69?,70-,71-,72-/m1/s1. The van der Waals surface area contributed by atoms with Crippen molar-refractivity contribution < 1.29 is 80.2 Å². The molecule has 0 aromatic heterocycles. The van der Waals surface area contributed by atoms with Gasteiger partial charge >= 0.3 is 39.5 Å². The lowest BCUT2D eigenvalue weighted by atomic mass is 9.99. The predicted octanol–water partition coefficient (Wildman–Crippen LogP) is 22.0. The SMILES string of the molecule is CCC(C)CCCCCCCCCCCCCCCCC(=O)OC[C@H](COP(=O)(O)OC[C@@H](O)COP(=O)(O)OC[C@@H](COC(=O)CCCCCCCCC(C)C)OC(=O)CCCCCCCCCCCCC(C)C)OC(=O)CCCCCCCCCCCCCCC(C)C. The quantitative estimate of drug-likeness (QED) is 0.0222. The zero-order valence-electron chi connectivity index (χ0n) is 62.3. The third-order valence-electron chi connectivity index (χ3n) is 17.9. The van der Waals surface area contributed by atoms with Crippen LogP contribution >= 0.6 is 15.6 Å². The van der Waals surface area contributed by atoms with Crippen LogP contribution in [0.4, 0.5) is 0 Å². The minimum absolute atomic E-state index is 0.104.